The van der Waals surface area contributed by atoms with Gasteiger partial charge in [0.2, 0.25) is 0 Å². The molecule has 0 aliphatic rings. The topological polar surface area (TPSA) is 51.5 Å². The number of unbranched alkanes of at least 4 members (excludes halogenated alkanes) is 1. The van der Waals surface area contributed by atoms with Crippen molar-refractivity contribution in [2.75, 3.05) is 26.4 Å². The van der Waals surface area contributed by atoms with Crippen molar-refractivity contribution >= 4 is 58.0 Å². The molecule has 0 bridgehead atoms. The highest BCUT2D eigenvalue weighted by Crippen LogP contribution is 2.37. The van der Waals surface area contributed by atoms with Gasteiger partial charge in [-0.1, -0.05) is 58.0 Å². The van der Waals surface area contributed by atoms with Gasteiger partial charge in [-0.05, 0) is 25.0 Å². The summed E-state index contributed by atoms with van der Waals surface area (Å²) in [5.41, 5.74) is 0. The van der Waals surface area contributed by atoms with Crippen LogP contribution in [0.25, 0.3) is 0 Å². The highest BCUT2D eigenvalue weighted by molar-refractivity contribution is 6.55. The molecule has 26 heavy (non-hydrogen) atoms. The summed E-state index contributed by atoms with van der Waals surface area (Å²) >= 11 is 28.9. The van der Waals surface area contributed by atoms with Crippen LogP contribution in [0.5, 0.6) is 11.5 Å². The van der Waals surface area contributed by atoms with Crippen LogP contribution in [0.4, 0.5) is 0 Å². The van der Waals surface area contributed by atoms with Crippen molar-refractivity contribution in [3.05, 3.63) is 43.9 Å². The van der Waals surface area contributed by atoms with Crippen LogP contribution in [-0.4, -0.2) is 26.4 Å². The maximum atomic E-state index is 8.48. The predicted octanol–water partition coefficient (Wildman–Crippen LogP) is 6.51. The average molecular weight is 460 g/mol. The first-order valence-corrected chi connectivity index (χ1v) is 9.42. The quantitative estimate of drug-likeness (QED) is 0.279. The van der Waals surface area contributed by atoms with Crippen molar-refractivity contribution in [2.24, 2.45) is 0 Å². The molecule has 9 heteroatoms. The van der Waals surface area contributed by atoms with Crippen LogP contribution >= 0.6 is 58.0 Å². The highest BCUT2D eigenvalue weighted by Gasteiger charge is 2.10. The van der Waals surface area contributed by atoms with E-state index >= 15 is 0 Å². The zero-order chi connectivity index (χ0) is 19.4. The minimum Gasteiger partial charge on any atom is -0.490 e. The molecule has 1 rings (SSSR count). The lowest BCUT2D eigenvalue weighted by Crippen LogP contribution is -2.02. The van der Waals surface area contributed by atoms with Crippen LogP contribution in [0.1, 0.15) is 12.8 Å². The minimum atomic E-state index is 0.117. The summed E-state index contributed by atoms with van der Waals surface area (Å²) in [5, 5.41) is 9.29. The summed E-state index contributed by atoms with van der Waals surface area (Å²) in [6.45, 7) is 1.46. The summed E-state index contributed by atoms with van der Waals surface area (Å²) < 4.78 is 16.5. The Morgan fingerprint density at radius 1 is 0.962 bits per heavy atom. The van der Waals surface area contributed by atoms with Crippen LogP contribution in [0.2, 0.25) is 10.0 Å². The van der Waals surface area contributed by atoms with Gasteiger partial charge in [-0.2, -0.15) is 5.26 Å². The molecule has 0 fully saturated rings. The largest absolute Gasteiger partial charge is 0.490 e. The van der Waals surface area contributed by atoms with E-state index in [4.69, 9.17) is 77.5 Å². The van der Waals surface area contributed by atoms with Gasteiger partial charge in [0.15, 0.2) is 5.75 Å². The Labute approximate surface area is 177 Å². The van der Waals surface area contributed by atoms with E-state index in [9.17, 15) is 0 Å². The summed E-state index contributed by atoms with van der Waals surface area (Å²) in [6.07, 6.45) is 4.54. The van der Waals surface area contributed by atoms with Gasteiger partial charge in [-0.3, -0.25) is 0 Å². The van der Waals surface area contributed by atoms with Gasteiger partial charge in [0.1, 0.15) is 27.9 Å². The van der Waals surface area contributed by atoms with Crippen LogP contribution < -0.4 is 9.47 Å². The van der Waals surface area contributed by atoms with Crippen molar-refractivity contribution in [3.8, 4) is 17.6 Å². The zero-order valence-corrected chi connectivity index (χ0v) is 17.4. The summed E-state index contributed by atoms with van der Waals surface area (Å²) in [7, 11) is 0. The number of allylic oxidation sites excluding steroid dienone is 1. The first-order valence-electron chi connectivity index (χ1n) is 7.53. The van der Waals surface area contributed by atoms with E-state index in [1.807, 2.05) is 0 Å². The standard InChI is InChI=1S/C17H16Cl5NO3/c18-12(11-23)3-7-24-5-1-2-6-26-17-14(19)9-13(10-15(17)20)25-8-4-16(21)22/h3-4,9-10H,1-2,5-8H2/b12-3-. The number of ether oxygens (including phenoxy) is 3. The van der Waals surface area contributed by atoms with Crippen molar-refractivity contribution in [3.63, 3.8) is 0 Å². The number of hydrogen-bond acceptors (Lipinski definition) is 4. The van der Waals surface area contributed by atoms with E-state index in [0.717, 1.165) is 12.8 Å². The Balaban J connectivity index is 2.34. The van der Waals surface area contributed by atoms with E-state index in [2.05, 4.69) is 0 Å². The molecular formula is C17H16Cl5NO3. The lowest BCUT2D eigenvalue weighted by Gasteiger charge is -2.12. The van der Waals surface area contributed by atoms with E-state index in [1.165, 1.54) is 12.2 Å². The third kappa shape index (κ3) is 9.78. The van der Waals surface area contributed by atoms with Crippen molar-refractivity contribution in [2.45, 2.75) is 12.8 Å². The number of nitriles is 1. The van der Waals surface area contributed by atoms with Crippen molar-refractivity contribution < 1.29 is 14.2 Å². The molecule has 0 spiro atoms. The van der Waals surface area contributed by atoms with E-state index < -0.39 is 0 Å². The molecule has 0 atom stereocenters. The van der Waals surface area contributed by atoms with Gasteiger partial charge in [-0.25, -0.2) is 0 Å². The minimum absolute atomic E-state index is 0.117. The van der Waals surface area contributed by atoms with Crippen molar-refractivity contribution in [1.82, 2.24) is 0 Å². The first kappa shape index (κ1) is 23.2. The zero-order valence-electron chi connectivity index (χ0n) is 13.6. The Kier molecular flexibility index (Phi) is 12.0. The lowest BCUT2D eigenvalue weighted by molar-refractivity contribution is 0.152. The van der Waals surface area contributed by atoms with E-state index in [1.54, 1.807) is 18.2 Å². The highest BCUT2D eigenvalue weighted by atomic mass is 35.5. The second-order valence-electron chi connectivity index (χ2n) is 4.82. The molecule has 0 aliphatic carbocycles. The molecule has 0 saturated heterocycles. The van der Waals surface area contributed by atoms with Crippen LogP contribution in [0.15, 0.2) is 33.8 Å². The molecule has 0 unspecified atom stereocenters. The molecule has 0 aliphatic heterocycles. The number of benzene rings is 1. The van der Waals surface area contributed by atoms with Crippen molar-refractivity contribution in [1.29, 1.82) is 5.26 Å². The molecule has 0 amide bonds. The second kappa shape index (κ2) is 13.4. The molecule has 0 radical (unpaired) electrons. The number of rotatable bonds is 11. The number of hydrogen-bond donors (Lipinski definition) is 0. The van der Waals surface area contributed by atoms with Gasteiger partial charge in [-0.15, -0.1) is 0 Å². The fourth-order valence-corrected chi connectivity index (χ4v) is 2.47. The maximum absolute atomic E-state index is 8.48. The van der Waals surface area contributed by atoms with Gasteiger partial charge in [0, 0.05) is 18.7 Å². The SMILES string of the molecule is N#C/C(Cl)=C/COCCCCOc1c(Cl)cc(OCC=C(Cl)Cl)cc1Cl. The summed E-state index contributed by atoms with van der Waals surface area (Å²) in [5.74, 6) is 0.881. The molecular weight excluding hydrogens is 443 g/mol. The van der Waals surface area contributed by atoms with Crippen LogP contribution in [-0.2, 0) is 4.74 Å². The molecule has 1 aromatic rings. The summed E-state index contributed by atoms with van der Waals surface area (Å²) in [4.78, 5) is 0. The molecule has 0 N–H and O–H groups in total. The lowest BCUT2D eigenvalue weighted by atomic mass is 10.3. The van der Waals surface area contributed by atoms with E-state index in [-0.39, 0.29) is 16.1 Å². The number of halogens is 5. The first-order chi connectivity index (χ1) is 12.4. The fourth-order valence-electron chi connectivity index (χ4n) is 1.70. The van der Waals surface area contributed by atoms with Crippen LogP contribution in [0.3, 0.4) is 0 Å². The van der Waals surface area contributed by atoms with Gasteiger partial charge in [0.05, 0.1) is 23.3 Å². The molecule has 0 heterocycles. The Morgan fingerprint density at radius 3 is 2.23 bits per heavy atom. The van der Waals surface area contributed by atoms with Gasteiger partial charge < -0.3 is 14.2 Å². The monoisotopic (exact) mass is 457 g/mol. The smallest absolute Gasteiger partial charge is 0.156 e. The predicted molar refractivity (Wildman–Crippen MR) is 107 cm³/mol. The normalized spacial score (nSPS) is 11.0. The third-order valence-electron chi connectivity index (χ3n) is 2.88. The van der Waals surface area contributed by atoms with E-state index in [0.29, 0.717) is 41.4 Å². The van der Waals surface area contributed by atoms with Gasteiger partial charge >= 0.3 is 0 Å². The Bertz CT molecular complexity index is 658. The summed E-state index contributed by atoms with van der Waals surface area (Å²) in [6, 6.07) is 5.01. The Hall–Kier alpha value is -0.800. The average Bonchev–Trinajstić information content (AvgIpc) is 2.58. The van der Waals surface area contributed by atoms with Gasteiger partial charge in [0.25, 0.3) is 0 Å². The third-order valence-corrected chi connectivity index (χ3v) is 3.98. The Morgan fingerprint density at radius 2 is 1.62 bits per heavy atom. The molecule has 1 aromatic carbocycles. The maximum Gasteiger partial charge on any atom is 0.156 e. The molecule has 0 aromatic heterocycles. The molecule has 142 valence electrons. The fraction of sp³-hybridized carbons (Fsp3) is 0.353. The molecule has 4 nitrogen and oxygen atoms in total. The van der Waals surface area contributed by atoms with Crippen LogP contribution in [0, 0.1) is 11.3 Å². The molecule has 0 saturated carbocycles. The second-order valence-corrected chi connectivity index (χ2v) is 7.04. The number of nitrogens with zero attached hydrogens (tertiary/aromatic N) is 1.